The van der Waals surface area contributed by atoms with Crippen molar-refractivity contribution in [2.75, 3.05) is 26.2 Å². The fourth-order valence-corrected chi connectivity index (χ4v) is 3.76. The van der Waals surface area contributed by atoms with Gasteiger partial charge in [-0.1, -0.05) is 44.2 Å². The van der Waals surface area contributed by atoms with Crippen LogP contribution in [0.2, 0.25) is 0 Å². The van der Waals surface area contributed by atoms with E-state index in [9.17, 15) is 4.79 Å². The first-order chi connectivity index (χ1) is 13.2. The van der Waals surface area contributed by atoms with E-state index >= 15 is 0 Å². The number of carbonyl (C=O) groups excluding carboxylic acids is 1. The van der Waals surface area contributed by atoms with E-state index in [4.69, 9.17) is 4.42 Å². The summed E-state index contributed by atoms with van der Waals surface area (Å²) in [7, 11) is 0. The van der Waals surface area contributed by atoms with Gasteiger partial charge in [-0.05, 0) is 31.5 Å². The first-order valence-corrected chi connectivity index (χ1v) is 10.1. The highest BCUT2D eigenvalue weighted by atomic mass is 16.4. The summed E-state index contributed by atoms with van der Waals surface area (Å²) in [6, 6.07) is 10.8. The number of hydrogen-bond acceptors (Lipinski definition) is 5. The van der Waals surface area contributed by atoms with Crippen molar-refractivity contribution in [3.05, 3.63) is 47.7 Å². The summed E-state index contributed by atoms with van der Waals surface area (Å²) >= 11 is 0. The smallest absolute Gasteiger partial charge is 0.223 e. The normalized spacial score (nSPS) is 17.0. The molecule has 1 aliphatic heterocycles. The second kappa shape index (κ2) is 9.65. The van der Waals surface area contributed by atoms with Gasteiger partial charge in [-0.3, -0.25) is 9.69 Å². The van der Waals surface area contributed by atoms with Crippen molar-refractivity contribution in [1.29, 1.82) is 0 Å². The van der Waals surface area contributed by atoms with Gasteiger partial charge in [0.25, 0.3) is 0 Å². The second-order valence-electron chi connectivity index (χ2n) is 7.08. The molecule has 2 heterocycles. The third-order valence-corrected chi connectivity index (χ3v) is 5.38. The molecule has 0 bridgehead atoms. The zero-order valence-corrected chi connectivity index (χ0v) is 16.4. The van der Waals surface area contributed by atoms with Crippen molar-refractivity contribution in [2.45, 2.75) is 52.0 Å². The number of likely N-dealkylation sites (N-methyl/N-ethyl adjacent to an activating group) is 1. The van der Waals surface area contributed by atoms with Crippen LogP contribution < -0.4 is 0 Å². The van der Waals surface area contributed by atoms with E-state index in [1.165, 1.54) is 5.56 Å². The van der Waals surface area contributed by atoms with E-state index in [2.05, 4.69) is 41.1 Å². The standard InChI is InChI=1S/C21H30N4O2/c1-3-24(4-2)18-14-15-25(16-18)21(26)13-12-20-23-22-19(27-20)11-10-17-8-6-5-7-9-17/h5-9,18H,3-4,10-16H2,1-2H3/t18-/m0/s1. The van der Waals surface area contributed by atoms with Crippen molar-refractivity contribution >= 4 is 5.91 Å². The molecule has 6 heteroatoms. The highest BCUT2D eigenvalue weighted by Crippen LogP contribution is 2.17. The summed E-state index contributed by atoms with van der Waals surface area (Å²) in [5.74, 6) is 1.39. The minimum absolute atomic E-state index is 0.189. The van der Waals surface area contributed by atoms with Gasteiger partial charge < -0.3 is 9.32 Å². The average molecular weight is 370 g/mol. The number of aryl methyl sites for hydroxylation is 3. The predicted molar refractivity (Wildman–Crippen MR) is 104 cm³/mol. The average Bonchev–Trinajstić information content (AvgIpc) is 3.36. The monoisotopic (exact) mass is 370 g/mol. The van der Waals surface area contributed by atoms with Crippen LogP contribution in [-0.2, 0) is 24.1 Å². The van der Waals surface area contributed by atoms with Crippen LogP contribution in [0.4, 0.5) is 0 Å². The van der Waals surface area contributed by atoms with Crippen LogP contribution in [0.15, 0.2) is 34.7 Å². The van der Waals surface area contributed by atoms with Gasteiger partial charge >= 0.3 is 0 Å². The summed E-state index contributed by atoms with van der Waals surface area (Å²) in [6.45, 7) is 8.13. The Balaban J connectivity index is 1.42. The number of amides is 1. The molecule has 1 aromatic carbocycles. The third kappa shape index (κ3) is 5.39. The minimum Gasteiger partial charge on any atom is -0.425 e. The number of hydrogen-bond donors (Lipinski definition) is 0. The lowest BCUT2D eigenvalue weighted by molar-refractivity contribution is -0.130. The van der Waals surface area contributed by atoms with E-state index in [-0.39, 0.29) is 5.91 Å². The highest BCUT2D eigenvalue weighted by molar-refractivity contribution is 5.76. The number of carbonyl (C=O) groups is 1. The zero-order valence-electron chi connectivity index (χ0n) is 16.4. The topological polar surface area (TPSA) is 62.5 Å². The lowest BCUT2D eigenvalue weighted by Gasteiger charge is -2.26. The first kappa shape index (κ1) is 19.5. The van der Waals surface area contributed by atoms with Crippen LogP contribution in [-0.4, -0.2) is 58.1 Å². The van der Waals surface area contributed by atoms with Gasteiger partial charge in [0.2, 0.25) is 17.7 Å². The Morgan fingerprint density at radius 1 is 1.11 bits per heavy atom. The zero-order chi connectivity index (χ0) is 19.1. The van der Waals surface area contributed by atoms with Crippen molar-refractivity contribution < 1.29 is 9.21 Å². The molecular formula is C21H30N4O2. The third-order valence-electron chi connectivity index (χ3n) is 5.38. The Morgan fingerprint density at radius 3 is 2.52 bits per heavy atom. The molecule has 146 valence electrons. The van der Waals surface area contributed by atoms with Crippen LogP contribution in [0, 0.1) is 0 Å². The molecule has 0 spiro atoms. The summed E-state index contributed by atoms with van der Waals surface area (Å²) in [6.07, 6.45) is 3.62. The summed E-state index contributed by atoms with van der Waals surface area (Å²) in [5.41, 5.74) is 1.25. The summed E-state index contributed by atoms with van der Waals surface area (Å²) in [4.78, 5) is 16.9. The Labute approximate surface area is 161 Å². The van der Waals surface area contributed by atoms with Crippen LogP contribution >= 0.6 is 0 Å². The molecule has 0 N–H and O–H groups in total. The van der Waals surface area contributed by atoms with E-state index in [0.717, 1.165) is 45.4 Å². The molecule has 0 aliphatic carbocycles. The second-order valence-corrected chi connectivity index (χ2v) is 7.08. The molecule has 0 saturated carbocycles. The van der Waals surface area contributed by atoms with Crippen molar-refractivity contribution in [3.63, 3.8) is 0 Å². The van der Waals surface area contributed by atoms with Gasteiger partial charge in [-0.25, -0.2) is 0 Å². The fraction of sp³-hybridized carbons (Fsp3) is 0.571. The van der Waals surface area contributed by atoms with Gasteiger partial charge in [0.1, 0.15) is 0 Å². The van der Waals surface area contributed by atoms with Crippen molar-refractivity contribution in [2.24, 2.45) is 0 Å². The van der Waals surface area contributed by atoms with Crippen LogP contribution in [0.25, 0.3) is 0 Å². The lowest BCUT2D eigenvalue weighted by Crippen LogP contribution is -2.38. The quantitative estimate of drug-likeness (QED) is 0.679. The molecule has 2 aromatic rings. The van der Waals surface area contributed by atoms with Gasteiger partial charge in [-0.15, -0.1) is 10.2 Å². The number of rotatable bonds is 9. The maximum absolute atomic E-state index is 12.5. The molecule has 1 atom stereocenters. The number of aromatic nitrogens is 2. The molecule has 0 unspecified atom stereocenters. The molecule has 6 nitrogen and oxygen atoms in total. The molecule has 0 radical (unpaired) electrons. The van der Waals surface area contributed by atoms with Gasteiger partial charge in [0.15, 0.2) is 0 Å². The predicted octanol–water partition coefficient (Wildman–Crippen LogP) is 2.73. The van der Waals surface area contributed by atoms with Crippen LogP contribution in [0.3, 0.4) is 0 Å². The first-order valence-electron chi connectivity index (χ1n) is 10.1. The molecule has 1 aliphatic rings. The summed E-state index contributed by atoms with van der Waals surface area (Å²) < 4.78 is 5.71. The van der Waals surface area contributed by atoms with Crippen molar-refractivity contribution in [1.82, 2.24) is 20.0 Å². The van der Waals surface area contributed by atoms with Gasteiger partial charge in [0, 0.05) is 38.4 Å². The molecular weight excluding hydrogens is 340 g/mol. The Morgan fingerprint density at radius 2 is 1.81 bits per heavy atom. The number of nitrogens with zero attached hydrogens (tertiary/aromatic N) is 4. The highest BCUT2D eigenvalue weighted by Gasteiger charge is 2.29. The lowest BCUT2D eigenvalue weighted by atomic mass is 10.1. The molecule has 27 heavy (non-hydrogen) atoms. The SMILES string of the molecule is CCN(CC)[C@H]1CCN(C(=O)CCc2nnc(CCc3ccccc3)o2)C1. The summed E-state index contributed by atoms with van der Waals surface area (Å²) in [5, 5.41) is 8.22. The largest absolute Gasteiger partial charge is 0.425 e. The van der Waals surface area contributed by atoms with Crippen LogP contribution in [0.1, 0.15) is 44.0 Å². The molecule has 1 saturated heterocycles. The van der Waals surface area contributed by atoms with E-state index in [1.807, 2.05) is 23.1 Å². The number of benzene rings is 1. The van der Waals surface area contributed by atoms with E-state index in [0.29, 0.717) is 30.7 Å². The van der Waals surface area contributed by atoms with Gasteiger partial charge in [-0.2, -0.15) is 0 Å². The molecule has 1 aromatic heterocycles. The molecule has 1 fully saturated rings. The van der Waals surface area contributed by atoms with Crippen molar-refractivity contribution in [3.8, 4) is 0 Å². The maximum atomic E-state index is 12.5. The molecule has 3 rings (SSSR count). The molecule has 1 amide bonds. The van der Waals surface area contributed by atoms with Crippen LogP contribution in [0.5, 0.6) is 0 Å². The van der Waals surface area contributed by atoms with E-state index in [1.54, 1.807) is 0 Å². The fourth-order valence-electron chi connectivity index (χ4n) is 3.76. The number of likely N-dealkylation sites (tertiary alicyclic amines) is 1. The Kier molecular flexibility index (Phi) is 6.98. The Hall–Kier alpha value is -2.21. The maximum Gasteiger partial charge on any atom is 0.223 e. The van der Waals surface area contributed by atoms with E-state index < -0.39 is 0 Å². The minimum atomic E-state index is 0.189. The van der Waals surface area contributed by atoms with Gasteiger partial charge in [0.05, 0.1) is 0 Å². The Bertz CT molecular complexity index is 712.